The molecule has 9 heteroatoms. The number of ether oxygens (including phenoxy) is 1. The van der Waals surface area contributed by atoms with Gasteiger partial charge in [-0.1, -0.05) is 0 Å². The number of carboxylic acid groups (broad SMARTS) is 1. The first-order valence-electron chi connectivity index (χ1n) is 7.88. The molecule has 26 heavy (non-hydrogen) atoms. The number of anilines is 1. The molecular weight excluding hydrogens is 350 g/mol. The molecular formula is C17H20F2N2O5. The Morgan fingerprint density at radius 2 is 1.81 bits per heavy atom. The molecule has 1 aliphatic rings. The second kappa shape index (κ2) is 6.89. The number of hydrogen-bond donors (Lipinski definition) is 2. The normalized spacial score (nSPS) is 19.8. The first-order chi connectivity index (χ1) is 11.9. The van der Waals surface area contributed by atoms with Crippen molar-refractivity contribution in [2.45, 2.75) is 32.3 Å². The average Bonchev–Trinajstić information content (AvgIpc) is 2.85. The molecule has 2 atom stereocenters. The highest BCUT2D eigenvalue weighted by molar-refractivity contribution is 6.00. The lowest BCUT2D eigenvalue weighted by molar-refractivity contribution is -0.145. The maximum atomic E-state index is 14.5. The summed E-state index contributed by atoms with van der Waals surface area (Å²) in [6.07, 6.45) is -0.801. The van der Waals surface area contributed by atoms with Crippen molar-refractivity contribution < 1.29 is 33.0 Å². The SMILES string of the molecule is CN(C(=O)OC(C)(C)C)c1cc(F)c([C@@H]2CNC(=O)[C@H]2C(=O)O)c(F)c1. The summed E-state index contributed by atoms with van der Waals surface area (Å²) in [6.45, 7) is 4.77. The lowest BCUT2D eigenvalue weighted by Gasteiger charge is -2.25. The van der Waals surface area contributed by atoms with Gasteiger partial charge in [0, 0.05) is 25.1 Å². The second-order valence-corrected chi connectivity index (χ2v) is 7.03. The lowest BCUT2D eigenvalue weighted by atomic mass is 9.87. The molecule has 1 heterocycles. The van der Waals surface area contributed by atoms with Crippen LogP contribution in [0.3, 0.4) is 0 Å². The van der Waals surface area contributed by atoms with Gasteiger partial charge >= 0.3 is 12.1 Å². The number of hydrogen-bond acceptors (Lipinski definition) is 4. The van der Waals surface area contributed by atoms with Crippen LogP contribution in [0.2, 0.25) is 0 Å². The summed E-state index contributed by atoms with van der Waals surface area (Å²) in [5.74, 6) is -7.09. The van der Waals surface area contributed by atoms with Crippen molar-refractivity contribution in [1.82, 2.24) is 5.32 Å². The third-order valence-corrected chi connectivity index (χ3v) is 3.94. The molecule has 2 rings (SSSR count). The molecule has 1 fully saturated rings. The van der Waals surface area contributed by atoms with E-state index in [0.29, 0.717) is 0 Å². The molecule has 0 bridgehead atoms. The molecule has 142 valence electrons. The number of halogens is 2. The smallest absolute Gasteiger partial charge is 0.414 e. The Kier molecular flexibility index (Phi) is 5.20. The molecule has 0 aliphatic carbocycles. The first-order valence-corrected chi connectivity index (χ1v) is 7.88. The van der Waals surface area contributed by atoms with E-state index in [0.717, 1.165) is 17.0 Å². The molecule has 1 aromatic carbocycles. The molecule has 2 amide bonds. The Bertz CT molecular complexity index is 737. The van der Waals surface area contributed by atoms with Gasteiger partial charge in [-0.15, -0.1) is 0 Å². The largest absolute Gasteiger partial charge is 0.481 e. The Morgan fingerprint density at radius 1 is 1.27 bits per heavy atom. The molecule has 2 N–H and O–H groups in total. The number of carboxylic acids is 1. The van der Waals surface area contributed by atoms with Gasteiger partial charge < -0.3 is 15.2 Å². The van der Waals surface area contributed by atoms with Crippen LogP contribution >= 0.6 is 0 Å². The van der Waals surface area contributed by atoms with Crippen molar-refractivity contribution in [1.29, 1.82) is 0 Å². The van der Waals surface area contributed by atoms with Crippen LogP contribution in [0.1, 0.15) is 32.3 Å². The summed E-state index contributed by atoms with van der Waals surface area (Å²) in [5, 5.41) is 11.4. The summed E-state index contributed by atoms with van der Waals surface area (Å²) in [5.41, 5.74) is -1.38. The Morgan fingerprint density at radius 3 is 2.27 bits per heavy atom. The summed E-state index contributed by atoms with van der Waals surface area (Å²) in [7, 11) is 1.29. The monoisotopic (exact) mass is 370 g/mol. The van der Waals surface area contributed by atoms with E-state index in [1.165, 1.54) is 7.05 Å². The fourth-order valence-electron chi connectivity index (χ4n) is 2.73. The van der Waals surface area contributed by atoms with Crippen LogP contribution in [-0.2, 0) is 14.3 Å². The number of carbonyl (C=O) groups is 3. The van der Waals surface area contributed by atoms with Crippen LogP contribution in [-0.4, -0.2) is 42.3 Å². The highest BCUT2D eigenvalue weighted by Gasteiger charge is 2.43. The Balaban J connectivity index is 2.35. The molecule has 0 unspecified atom stereocenters. The van der Waals surface area contributed by atoms with Gasteiger partial charge in [-0.2, -0.15) is 0 Å². The number of rotatable bonds is 3. The molecule has 1 aromatic rings. The van der Waals surface area contributed by atoms with Crippen LogP contribution in [0.25, 0.3) is 0 Å². The Labute approximate surface area is 148 Å². The van der Waals surface area contributed by atoms with E-state index in [1.54, 1.807) is 20.8 Å². The predicted molar refractivity (Wildman–Crippen MR) is 87.9 cm³/mol. The minimum absolute atomic E-state index is 0.0952. The number of aliphatic carboxylic acids is 1. The predicted octanol–water partition coefficient (Wildman–Crippen LogP) is 2.25. The number of carbonyl (C=O) groups excluding carboxylic acids is 2. The van der Waals surface area contributed by atoms with Crippen LogP contribution in [0.4, 0.5) is 19.3 Å². The van der Waals surface area contributed by atoms with Gasteiger partial charge in [0.15, 0.2) is 0 Å². The van der Waals surface area contributed by atoms with Crippen LogP contribution in [0.5, 0.6) is 0 Å². The van der Waals surface area contributed by atoms with E-state index < -0.39 is 52.6 Å². The first kappa shape index (κ1) is 19.6. The lowest BCUT2D eigenvalue weighted by Crippen LogP contribution is -2.34. The standard InChI is InChI=1S/C17H20F2N2O5/c1-17(2,3)26-16(25)21(4)8-5-10(18)12(11(19)6-8)9-7-20-14(22)13(9)15(23)24/h5-6,9,13H,7H2,1-4H3,(H,20,22)(H,23,24)/t9-,13-/m0/s1. The van der Waals surface area contributed by atoms with Crippen LogP contribution < -0.4 is 10.2 Å². The third kappa shape index (κ3) is 3.92. The minimum atomic E-state index is -1.58. The summed E-state index contributed by atoms with van der Waals surface area (Å²) >= 11 is 0. The van der Waals surface area contributed by atoms with Gasteiger partial charge in [0.2, 0.25) is 5.91 Å². The molecule has 0 saturated carbocycles. The van der Waals surface area contributed by atoms with Gasteiger partial charge in [-0.05, 0) is 32.9 Å². The van der Waals surface area contributed by atoms with Gasteiger partial charge in [0.1, 0.15) is 23.2 Å². The summed E-state index contributed by atoms with van der Waals surface area (Å²) in [6, 6.07) is 1.81. The fourth-order valence-corrected chi connectivity index (χ4v) is 2.73. The van der Waals surface area contributed by atoms with Crippen molar-refractivity contribution in [3.05, 3.63) is 29.3 Å². The average molecular weight is 370 g/mol. The van der Waals surface area contributed by atoms with E-state index in [1.807, 2.05) is 0 Å². The van der Waals surface area contributed by atoms with Gasteiger partial charge in [-0.3, -0.25) is 14.5 Å². The maximum Gasteiger partial charge on any atom is 0.414 e. The van der Waals surface area contributed by atoms with E-state index in [9.17, 15) is 23.2 Å². The summed E-state index contributed by atoms with van der Waals surface area (Å²) < 4.78 is 34.2. The van der Waals surface area contributed by atoms with Crippen molar-refractivity contribution in [3.63, 3.8) is 0 Å². The quantitative estimate of drug-likeness (QED) is 0.796. The van der Waals surface area contributed by atoms with Crippen molar-refractivity contribution in [2.75, 3.05) is 18.5 Å². The fraction of sp³-hybridized carbons (Fsp3) is 0.471. The Hall–Kier alpha value is -2.71. The molecule has 1 aliphatic heterocycles. The van der Waals surface area contributed by atoms with E-state index in [4.69, 9.17) is 9.84 Å². The number of amides is 2. The highest BCUT2D eigenvalue weighted by Crippen LogP contribution is 2.35. The second-order valence-electron chi connectivity index (χ2n) is 7.03. The zero-order valence-corrected chi connectivity index (χ0v) is 14.8. The minimum Gasteiger partial charge on any atom is -0.481 e. The summed E-state index contributed by atoms with van der Waals surface area (Å²) in [4.78, 5) is 35.8. The van der Waals surface area contributed by atoms with Gasteiger partial charge in [-0.25, -0.2) is 13.6 Å². The molecule has 0 aromatic heterocycles. The zero-order chi connectivity index (χ0) is 19.8. The molecule has 7 nitrogen and oxygen atoms in total. The topological polar surface area (TPSA) is 95.9 Å². The van der Waals surface area contributed by atoms with E-state index >= 15 is 0 Å². The maximum absolute atomic E-state index is 14.5. The van der Waals surface area contributed by atoms with Crippen molar-refractivity contribution in [2.24, 2.45) is 5.92 Å². The van der Waals surface area contributed by atoms with Gasteiger partial charge in [0.05, 0.1) is 5.69 Å². The molecule has 0 spiro atoms. The van der Waals surface area contributed by atoms with Crippen molar-refractivity contribution in [3.8, 4) is 0 Å². The van der Waals surface area contributed by atoms with Crippen LogP contribution in [0, 0.1) is 17.6 Å². The molecule has 1 saturated heterocycles. The number of nitrogens with one attached hydrogen (secondary N) is 1. The third-order valence-electron chi connectivity index (χ3n) is 3.94. The highest BCUT2D eigenvalue weighted by atomic mass is 19.1. The zero-order valence-electron chi connectivity index (χ0n) is 14.8. The number of benzene rings is 1. The van der Waals surface area contributed by atoms with Gasteiger partial charge in [0.25, 0.3) is 0 Å². The van der Waals surface area contributed by atoms with Crippen molar-refractivity contribution >= 4 is 23.7 Å². The number of nitrogens with zero attached hydrogens (tertiary/aromatic N) is 1. The van der Waals surface area contributed by atoms with Crippen LogP contribution in [0.15, 0.2) is 12.1 Å². The molecule has 0 radical (unpaired) electrons. The van der Waals surface area contributed by atoms with E-state index in [2.05, 4.69) is 5.32 Å². The van der Waals surface area contributed by atoms with E-state index in [-0.39, 0.29) is 12.2 Å².